The smallest absolute Gasteiger partial charge is 0.305 e. The van der Waals surface area contributed by atoms with Gasteiger partial charge < -0.3 is 9.30 Å². The lowest BCUT2D eigenvalue weighted by Crippen LogP contribution is -2.06. The molecule has 1 aromatic carbocycles. The zero-order valence-corrected chi connectivity index (χ0v) is 13.4. The molecule has 0 spiro atoms. The summed E-state index contributed by atoms with van der Waals surface area (Å²) in [5, 5.41) is 0. The lowest BCUT2D eigenvalue weighted by molar-refractivity contribution is -0.140. The number of rotatable bonds is 9. The van der Waals surface area contributed by atoms with Gasteiger partial charge >= 0.3 is 5.97 Å². The normalized spacial score (nSPS) is 10.5. The number of ether oxygens (including phenoxy) is 1. The Hall–Kier alpha value is -2.43. The number of carbonyl (C=O) groups excluding carboxylic acids is 2. The maximum Gasteiger partial charge on any atom is 0.305 e. The third kappa shape index (κ3) is 5.70. The number of hydrogen-bond donors (Lipinski definition) is 0. The van der Waals surface area contributed by atoms with Crippen molar-refractivity contribution in [3.05, 3.63) is 54.1 Å². The van der Waals surface area contributed by atoms with Gasteiger partial charge in [0.05, 0.1) is 19.9 Å². The van der Waals surface area contributed by atoms with Gasteiger partial charge in [-0.1, -0.05) is 24.3 Å². The van der Waals surface area contributed by atoms with Crippen molar-refractivity contribution in [2.75, 3.05) is 7.11 Å². The molecule has 0 amide bonds. The second-order valence-electron chi connectivity index (χ2n) is 5.45. The topological polar surface area (TPSA) is 61.2 Å². The zero-order chi connectivity index (χ0) is 16.5. The first-order valence-electron chi connectivity index (χ1n) is 7.84. The van der Waals surface area contributed by atoms with Crippen molar-refractivity contribution < 1.29 is 14.3 Å². The van der Waals surface area contributed by atoms with Crippen molar-refractivity contribution in [1.29, 1.82) is 0 Å². The van der Waals surface area contributed by atoms with E-state index in [9.17, 15) is 9.59 Å². The zero-order valence-electron chi connectivity index (χ0n) is 13.4. The van der Waals surface area contributed by atoms with E-state index in [4.69, 9.17) is 0 Å². The summed E-state index contributed by atoms with van der Waals surface area (Å²) in [6, 6.07) is 7.65. The SMILES string of the molecule is COC(=O)CCC(=O)c1ccc(CCCCn2ccnc2)cc1. The Kier molecular flexibility index (Phi) is 6.54. The summed E-state index contributed by atoms with van der Waals surface area (Å²) < 4.78 is 6.61. The lowest BCUT2D eigenvalue weighted by atomic mass is 10.0. The quantitative estimate of drug-likeness (QED) is 0.405. The minimum Gasteiger partial charge on any atom is -0.469 e. The number of aromatic nitrogens is 2. The van der Waals surface area contributed by atoms with E-state index in [1.807, 2.05) is 36.8 Å². The molecule has 0 aliphatic heterocycles. The molecule has 0 aliphatic rings. The average molecular weight is 314 g/mol. The molecule has 2 aromatic rings. The van der Waals surface area contributed by atoms with Gasteiger partial charge in [-0.3, -0.25) is 9.59 Å². The Balaban J connectivity index is 1.73. The molecule has 122 valence electrons. The van der Waals surface area contributed by atoms with Crippen LogP contribution in [-0.2, 0) is 22.5 Å². The molecule has 0 atom stereocenters. The van der Waals surface area contributed by atoms with Crippen LogP contribution in [0.3, 0.4) is 0 Å². The molecule has 23 heavy (non-hydrogen) atoms. The third-order valence-corrected chi connectivity index (χ3v) is 3.75. The molecule has 1 heterocycles. The fourth-order valence-corrected chi connectivity index (χ4v) is 2.36. The summed E-state index contributed by atoms with van der Waals surface area (Å²) in [6.07, 6.45) is 9.08. The highest BCUT2D eigenvalue weighted by Crippen LogP contribution is 2.11. The minimum atomic E-state index is -0.354. The van der Waals surface area contributed by atoms with Crippen molar-refractivity contribution in [2.24, 2.45) is 0 Å². The summed E-state index contributed by atoms with van der Waals surface area (Å²) in [7, 11) is 1.33. The Bertz CT molecular complexity index is 618. The van der Waals surface area contributed by atoms with E-state index in [-0.39, 0.29) is 24.6 Å². The van der Waals surface area contributed by atoms with Gasteiger partial charge in [-0.25, -0.2) is 4.98 Å². The van der Waals surface area contributed by atoms with Crippen LogP contribution in [0.4, 0.5) is 0 Å². The van der Waals surface area contributed by atoms with Gasteiger partial charge in [0.25, 0.3) is 0 Å². The van der Waals surface area contributed by atoms with E-state index < -0.39 is 0 Å². The second-order valence-corrected chi connectivity index (χ2v) is 5.45. The predicted octanol–water partition coefficient (Wildman–Crippen LogP) is 3.04. The Morgan fingerprint density at radius 1 is 1.13 bits per heavy atom. The van der Waals surface area contributed by atoms with Crippen molar-refractivity contribution in [1.82, 2.24) is 9.55 Å². The Morgan fingerprint density at radius 3 is 2.57 bits per heavy atom. The Morgan fingerprint density at radius 2 is 1.91 bits per heavy atom. The number of unbranched alkanes of at least 4 members (excludes halogenated alkanes) is 1. The monoisotopic (exact) mass is 314 g/mol. The van der Waals surface area contributed by atoms with Crippen molar-refractivity contribution in [3.8, 4) is 0 Å². The third-order valence-electron chi connectivity index (χ3n) is 3.75. The summed E-state index contributed by atoms with van der Waals surface area (Å²) in [6.45, 7) is 0.976. The fourth-order valence-electron chi connectivity index (χ4n) is 2.36. The molecule has 0 saturated heterocycles. The van der Waals surface area contributed by atoms with E-state index in [1.165, 1.54) is 12.7 Å². The first-order valence-corrected chi connectivity index (χ1v) is 7.84. The van der Waals surface area contributed by atoms with Gasteiger partial charge in [0.2, 0.25) is 0 Å². The molecule has 0 fully saturated rings. The van der Waals surface area contributed by atoms with E-state index in [2.05, 4.69) is 14.3 Å². The first-order chi connectivity index (χ1) is 11.2. The molecule has 0 bridgehead atoms. The number of benzene rings is 1. The molecule has 5 heteroatoms. The van der Waals surface area contributed by atoms with Crippen LogP contribution < -0.4 is 0 Å². The number of nitrogens with zero attached hydrogens (tertiary/aromatic N) is 2. The number of esters is 1. The molecule has 0 radical (unpaired) electrons. The molecule has 0 saturated carbocycles. The van der Waals surface area contributed by atoms with Gasteiger partial charge in [0.1, 0.15) is 0 Å². The molecule has 0 aliphatic carbocycles. The molecular formula is C18H22N2O3. The average Bonchev–Trinajstić information content (AvgIpc) is 3.10. The van der Waals surface area contributed by atoms with Gasteiger partial charge in [-0.05, 0) is 24.8 Å². The minimum absolute atomic E-state index is 0.0259. The Labute approximate surface area is 136 Å². The molecule has 0 unspecified atom stereocenters. The maximum absolute atomic E-state index is 12.0. The predicted molar refractivity (Wildman–Crippen MR) is 87.2 cm³/mol. The molecule has 2 rings (SSSR count). The van der Waals surface area contributed by atoms with Crippen LogP contribution in [-0.4, -0.2) is 28.4 Å². The number of ketones is 1. The fraction of sp³-hybridized carbons (Fsp3) is 0.389. The van der Waals surface area contributed by atoms with Crippen LogP contribution in [0.5, 0.6) is 0 Å². The van der Waals surface area contributed by atoms with Crippen LogP contribution in [0.2, 0.25) is 0 Å². The number of methoxy groups -OCH3 is 1. The highest BCUT2D eigenvalue weighted by atomic mass is 16.5. The largest absolute Gasteiger partial charge is 0.469 e. The number of aryl methyl sites for hydroxylation is 2. The van der Waals surface area contributed by atoms with Crippen LogP contribution in [0.25, 0.3) is 0 Å². The summed E-state index contributed by atoms with van der Waals surface area (Å²) in [5.41, 5.74) is 1.87. The van der Waals surface area contributed by atoms with Crippen LogP contribution in [0.15, 0.2) is 43.0 Å². The van der Waals surface area contributed by atoms with E-state index in [1.54, 1.807) is 6.20 Å². The molecule has 0 N–H and O–H groups in total. The van der Waals surface area contributed by atoms with Gasteiger partial charge in [-0.15, -0.1) is 0 Å². The van der Waals surface area contributed by atoms with Crippen molar-refractivity contribution >= 4 is 11.8 Å². The van der Waals surface area contributed by atoms with Gasteiger partial charge in [0, 0.05) is 30.9 Å². The molecular weight excluding hydrogens is 292 g/mol. The second kappa shape index (κ2) is 8.88. The van der Waals surface area contributed by atoms with Crippen LogP contribution in [0, 0.1) is 0 Å². The first kappa shape index (κ1) is 16.9. The number of Topliss-reactive ketones (excluding diaryl/α,β-unsaturated/α-hetero) is 1. The van der Waals surface area contributed by atoms with Crippen LogP contribution >= 0.6 is 0 Å². The number of imidazole rings is 1. The standard InChI is InChI=1S/C18H22N2O3/c1-23-18(22)10-9-17(21)16-7-5-15(6-8-16)4-2-3-12-20-13-11-19-14-20/h5-8,11,13-14H,2-4,9-10,12H2,1H3. The summed E-state index contributed by atoms with van der Waals surface area (Å²) in [5.74, 6) is -0.380. The molecule has 5 nitrogen and oxygen atoms in total. The van der Waals surface area contributed by atoms with E-state index >= 15 is 0 Å². The summed E-state index contributed by atoms with van der Waals surface area (Å²) in [4.78, 5) is 27.0. The number of hydrogen-bond acceptors (Lipinski definition) is 4. The highest BCUT2D eigenvalue weighted by Gasteiger charge is 2.09. The van der Waals surface area contributed by atoms with E-state index in [0.717, 1.165) is 25.8 Å². The number of carbonyl (C=O) groups is 2. The van der Waals surface area contributed by atoms with E-state index in [0.29, 0.717) is 5.56 Å². The van der Waals surface area contributed by atoms with Gasteiger partial charge in [-0.2, -0.15) is 0 Å². The lowest BCUT2D eigenvalue weighted by Gasteiger charge is -2.05. The summed E-state index contributed by atoms with van der Waals surface area (Å²) >= 11 is 0. The van der Waals surface area contributed by atoms with Crippen molar-refractivity contribution in [2.45, 2.75) is 38.6 Å². The highest BCUT2D eigenvalue weighted by molar-refractivity contribution is 5.97. The van der Waals surface area contributed by atoms with Gasteiger partial charge in [0.15, 0.2) is 5.78 Å². The molecule has 1 aromatic heterocycles. The maximum atomic E-state index is 12.0. The van der Waals surface area contributed by atoms with Crippen molar-refractivity contribution in [3.63, 3.8) is 0 Å². The van der Waals surface area contributed by atoms with Crippen LogP contribution in [0.1, 0.15) is 41.6 Å².